The van der Waals surface area contributed by atoms with Crippen LogP contribution in [0, 0.1) is 29.6 Å². The summed E-state index contributed by atoms with van der Waals surface area (Å²) in [4.78, 5) is 4.46. The molecule has 0 bridgehead atoms. The highest BCUT2D eigenvalue weighted by molar-refractivity contribution is 6.32. The summed E-state index contributed by atoms with van der Waals surface area (Å²) in [7, 11) is 1.56. The third kappa shape index (κ3) is 3.59. The van der Waals surface area contributed by atoms with E-state index in [1.54, 1.807) is 37.5 Å². The molecular formula is C21H19ClF3NO2. The fourth-order valence-electron chi connectivity index (χ4n) is 3.43. The van der Waals surface area contributed by atoms with Gasteiger partial charge in [0.25, 0.3) is 0 Å². The molecule has 0 amide bonds. The summed E-state index contributed by atoms with van der Waals surface area (Å²) >= 11 is 6.02. The molecule has 0 saturated heterocycles. The zero-order chi connectivity index (χ0) is 19.9. The van der Waals surface area contributed by atoms with E-state index in [2.05, 4.69) is 16.8 Å². The average Bonchev–Trinajstić information content (AvgIpc) is 3.50. The number of alkyl halides is 3. The second-order valence-electron chi connectivity index (χ2n) is 7.25. The molecule has 4 aliphatic rings. The van der Waals surface area contributed by atoms with Crippen LogP contribution in [-0.2, 0) is 9.47 Å². The van der Waals surface area contributed by atoms with Gasteiger partial charge in [0.1, 0.15) is 0 Å². The van der Waals surface area contributed by atoms with Crippen molar-refractivity contribution in [3.63, 3.8) is 0 Å². The normalized spacial score (nSPS) is 36.9. The third-order valence-electron chi connectivity index (χ3n) is 5.19. The zero-order valence-electron chi connectivity index (χ0n) is 15.1. The first-order chi connectivity index (χ1) is 13.3. The first-order valence-electron chi connectivity index (χ1n) is 9.12. The van der Waals surface area contributed by atoms with Crippen LogP contribution in [0.25, 0.3) is 0 Å². The number of methoxy groups -OCH3 is 1. The number of halogens is 4. The van der Waals surface area contributed by atoms with Gasteiger partial charge in [-0.1, -0.05) is 53.8 Å². The molecule has 4 rings (SSSR count). The van der Waals surface area contributed by atoms with Crippen LogP contribution >= 0.6 is 11.6 Å². The highest BCUT2D eigenvalue weighted by Crippen LogP contribution is 2.47. The minimum absolute atomic E-state index is 0.000826. The molecule has 0 aromatic heterocycles. The molecule has 1 heterocycles. The standard InChI is InChI=1S/C21H19ClF3NO2/c1-27-16-7-4-14(5-8-16)19-26-18-9-6-15(22)12-17(18)20(28-19,21(23,24)25)11-10-13-2-3-13/h4-9,12-14,16-17,19H,2-3H2,1H3/t14?,16?,17-,19-,20+/m1/s1. The SMILES string of the molecule is COC1C=CC([C@@H]2N=C3C=CC(Cl)=C[C@H]3[C@@](C#CC3CC3)(C(F)(F)F)O2)C=C1. The molecule has 3 aliphatic carbocycles. The van der Waals surface area contributed by atoms with Crippen LogP contribution in [0.15, 0.2) is 52.6 Å². The van der Waals surface area contributed by atoms with E-state index in [1.807, 2.05) is 0 Å². The van der Waals surface area contributed by atoms with E-state index in [4.69, 9.17) is 21.1 Å². The Hall–Kier alpha value is -1.81. The number of ether oxygens (including phenoxy) is 2. The summed E-state index contributed by atoms with van der Waals surface area (Å²) in [5.41, 5.74) is -2.40. The fourth-order valence-corrected chi connectivity index (χ4v) is 3.62. The molecule has 148 valence electrons. The van der Waals surface area contributed by atoms with Crippen molar-refractivity contribution >= 4 is 17.3 Å². The largest absolute Gasteiger partial charge is 0.429 e. The molecule has 0 spiro atoms. The van der Waals surface area contributed by atoms with Crippen molar-refractivity contribution in [2.24, 2.45) is 22.7 Å². The van der Waals surface area contributed by atoms with E-state index < -0.39 is 29.8 Å². The van der Waals surface area contributed by atoms with Gasteiger partial charge in [0.05, 0.1) is 12.0 Å². The Morgan fingerprint density at radius 3 is 2.54 bits per heavy atom. The number of hydrogen-bond donors (Lipinski definition) is 0. The molecule has 3 nitrogen and oxygen atoms in total. The lowest BCUT2D eigenvalue weighted by Crippen LogP contribution is -2.59. The molecule has 1 fully saturated rings. The second-order valence-corrected chi connectivity index (χ2v) is 7.69. The van der Waals surface area contributed by atoms with E-state index in [1.165, 1.54) is 12.2 Å². The van der Waals surface area contributed by atoms with Crippen LogP contribution in [0.2, 0.25) is 0 Å². The molecule has 0 aromatic rings. The second kappa shape index (κ2) is 7.22. The molecule has 0 unspecified atom stereocenters. The van der Waals surface area contributed by atoms with E-state index in [0.717, 1.165) is 12.8 Å². The minimum Gasteiger partial charge on any atom is -0.373 e. The van der Waals surface area contributed by atoms with Crippen LogP contribution in [0.3, 0.4) is 0 Å². The van der Waals surface area contributed by atoms with Crippen LogP contribution in [-0.4, -0.2) is 36.9 Å². The molecule has 0 aromatic carbocycles. The lowest BCUT2D eigenvalue weighted by molar-refractivity contribution is -0.278. The first kappa shape index (κ1) is 19.5. The summed E-state index contributed by atoms with van der Waals surface area (Å²) in [6, 6.07) is 0. The van der Waals surface area contributed by atoms with Crippen molar-refractivity contribution in [1.82, 2.24) is 0 Å². The maximum atomic E-state index is 14.4. The number of aliphatic imine (C=N–C) groups is 1. The van der Waals surface area contributed by atoms with Crippen LogP contribution in [0.4, 0.5) is 13.2 Å². The van der Waals surface area contributed by atoms with E-state index in [9.17, 15) is 13.2 Å². The fraction of sp³-hybridized carbons (Fsp3) is 0.476. The smallest absolute Gasteiger partial charge is 0.373 e. The zero-order valence-corrected chi connectivity index (χ0v) is 15.9. The predicted octanol–water partition coefficient (Wildman–Crippen LogP) is 4.56. The molecule has 0 radical (unpaired) electrons. The molecule has 1 saturated carbocycles. The number of rotatable bonds is 2. The average molecular weight is 410 g/mol. The summed E-state index contributed by atoms with van der Waals surface area (Å²) in [6.45, 7) is 0. The number of nitrogens with zero attached hydrogens (tertiary/aromatic N) is 1. The van der Waals surface area contributed by atoms with E-state index in [0.29, 0.717) is 0 Å². The maximum absolute atomic E-state index is 14.4. The molecule has 1 aliphatic heterocycles. The van der Waals surface area contributed by atoms with Crippen molar-refractivity contribution in [2.75, 3.05) is 7.11 Å². The summed E-state index contributed by atoms with van der Waals surface area (Å²) in [5, 5.41) is 0.216. The van der Waals surface area contributed by atoms with Gasteiger partial charge in [-0.15, -0.1) is 0 Å². The van der Waals surface area contributed by atoms with Crippen molar-refractivity contribution < 1.29 is 22.6 Å². The van der Waals surface area contributed by atoms with Gasteiger partial charge < -0.3 is 9.47 Å². The van der Waals surface area contributed by atoms with Crippen molar-refractivity contribution in [1.29, 1.82) is 0 Å². The third-order valence-corrected chi connectivity index (χ3v) is 5.44. The Kier molecular flexibility index (Phi) is 5.03. The van der Waals surface area contributed by atoms with E-state index >= 15 is 0 Å². The highest BCUT2D eigenvalue weighted by Gasteiger charge is 2.64. The minimum atomic E-state index is -4.71. The van der Waals surface area contributed by atoms with Gasteiger partial charge in [0, 0.05) is 29.7 Å². The Morgan fingerprint density at radius 2 is 1.93 bits per heavy atom. The molecular weight excluding hydrogens is 391 g/mol. The number of fused-ring (bicyclic) bond motifs is 1. The Balaban J connectivity index is 1.76. The van der Waals surface area contributed by atoms with E-state index in [-0.39, 0.29) is 22.8 Å². The van der Waals surface area contributed by atoms with Gasteiger partial charge in [-0.3, -0.25) is 4.99 Å². The monoisotopic (exact) mass is 409 g/mol. The lowest BCUT2D eigenvalue weighted by atomic mass is 9.79. The molecule has 7 heteroatoms. The summed E-state index contributed by atoms with van der Waals surface area (Å²) in [5.74, 6) is 3.57. The number of allylic oxidation sites excluding steroid dienone is 3. The topological polar surface area (TPSA) is 30.8 Å². The lowest BCUT2D eigenvalue weighted by Gasteiger charge is -2.44. The van der Waals surface area contributed by atoms with Crippen LogP contribution in [0.1, 0.15) is 12.8 Å². The molecule has 3 atom stereocenters. The van der Waals surface area contributed by atoms with Crippen molar-refractivity contribution in [2.45, 2.75) is 37.0 Å². The Bertz CT molecular complexity index is 843. The van der Waals surface area contributed by atoms with Crippen LogP contribution < -0.4 is 0 Å². The van der Waals surface area contributed by atoms with Crippen LogP contribution in [0.5, 0.6) is 0 Å². The van der Waals surface area contributed by atoms with Gasteiger partial charge in [-0.2, -0.15) is 13.2 Å². The number of hydrogen-bond acceptors (Lipinski definition) is 3. The van der Waals surface area contributed by atoms with Crippen molar-refractivity contribution in [3.8, 4) is 11.8 Å². The summed E-state index contributed by atoms with van der Waals surface area (Å²) in [6.07, 6.45) is 7.14. The van der Waals surface area contributed by atoms with Gasteiger partial charge >= 0.3 is 6.18 Å². The maximum Gasteiger partial charge on any atom is 0.429 e. The van der Waals surface area contributed by atoms with Gasteiger partial charge in [0.15, 0.2) is 6.23 Å². The van der Waals surface area contributed by atoms with Gasteiger partial charge in [0.2, 0.25) is 5.60 Å². The van der Waals surface area contributed by atoms with Gasteiger partial charge in [-0.05, 0) is 25.0 Å². The molecule has 28 heavy (non-hydrogen) atoms. The Morgan fingerprint density at radius 1 is 1.21 bits per heavy atom. The highest BCUT2D eigenvalue weighted by atomic mass is 35.5. The predicted molar refractivity (Wildman–Crippen MR) is 101 cm³/mol. The van der Waals surface area contributed by atoms with Gasteiger partial charge in [-0.25, -0.2) is 0 Å². The Labute approximate surface area is 166 Å². The first-order valence-corrected chi connectivity index (χ1v) is 9.50. The van der Waals surface area contributed by atoms with Crippen molar-refractivity contribution in [3.05, 3.63) is 47.6 Å². The summed E-state index contributed by atoms with van der Waals surface area (Å²) < 4.78 is 54.0. The quantitative estimate of drug-likeness (QED) is 0.494. The molecule has 0 N–H and O–H groups in total.